The molecule has 0 spiro atoms. The number of halogens is 1. The minimum atomic E-state index is -0.514. The van der Waals surface area contributed by atoms with Gasteiger partial charge in [0.15, 0.2) is 18.4 Å². The van der Waals surface area contributed by atoms with Gasteiger partial charge in [-0.3, -0.25) is 4.79 Å². The second kappa shape index (κ2) is 12.3. The Hall–Kier alpha value is -4.88. The van der Waals surface area contributed by atoms with Gasteiger partial charge in [0.2, 0.25) is 0 Å². The monoisotopic (exact) mass is 576 g/mol. The fourth-order valence-corrected chi connectivity index (χ4v) is 5.27. The van der Waals surface area contributed by atoms with Gasteiger partial charge < -0.3 is 20.1 Å². The smallest absolute Gasteiger partial charge is 0.253 e. The van der Waals surface area contributed by atoms with Crippen molar-refractivity contribution in [1.82, 2.24) is 10.6 Å². The first-order valence-electron chi connectivity index (χ1n) is 13.7. The minimum absolute atomic E-state index is 0.212. The highest BCUT2D eigenvalue weighted by atomic mass is 35.5. The van der Waals surface area contributed by atoms with Crippen LogP contribution < -0.4 is 20.1 Å². The Morgan fingerprint density at radius 1 is 0.786 bits per heavy atom. The van der Waals surface area contributed by atoms with E-state index in [9.17, 15) is 4.79 Å². The Bertz CT molecular complexity index is 1650. The van der Waals surface area contributed by atoms with Gasteiger partial charge in [-0.2, -0.15) is 10.2 Å². The molecule has 0 saturated carbocycles. The van der Waals surface area contributed by atoms with Crippen LogP contribution in [0.25, 0.3) is 0 Å². The number of allylic oxidation sites excluding steroid dienone is 1. The van der Waals surface area contributed by atoms with Crippen LogP contribution in [0, 0.1) is 0 Å². The van der Waals surface area contributed by atoms with Crippen molar-refractivity contribution in [2.45, 2.75) is 31.8 Å². The van der Waals surface area contributed by atoms with Crippen LogP contribution in [-0.2, 0) is 6.54 Å². The van der Waals surface area contributed by atoms with Crippen LogP contribution in [0.3, 0.4) is 0 Å². The topological polar surface area (TPSA) is 84.3 Å². The third-order valence-corrected chi connectivity index (χ3v) is 7.42. The summed E-state index contributed by atoms with van der Waals surface area (Å²) >= 11 is 7.15. The molecule has 0 saturated heterocycles. The molecule has 2 N–H and O–H groups in total. The van der Waals surface area contributed by atoms with Gasteiger partial charge >= 0.3 is 0 Å². The number of hydrogen-bond donors (Lipinski definition) is 2. The zero-order chi connectivity index (χ0) is 28.9. The average molecular weight is 577 g/mol. The number of rotatable bonds is 9. The van der Waals surface area contributed by atoms with E-state index in [1.807, 2.05) is 104 Å². The maximum atomic E-state index is 12.7. The first kappa shape index (κ1) is 27.3. The molecule has 3 unspecified atom stereocenters. The molecule has 4 aromatic rings. The molecule has 6 rings (SSSR count). The molecular weight excluding hydrogens is 548 g/mol. The lowest BCUT2D eigenvalue weighted by atomic mass is 9.89. The van der Waals surface area contributed by atoms with Gasteiger partial charge in [0, 0.05) is 23.2 Å². The van der Waals surface area contributed by atoms with Gasteiger partial charge in [0.05, 0.1) is 16.4 Å². The minimum Gasteiger partial charge on any atom is -0.480 e. The molecule has 7 nitrogen and oxygen atoms in total. The second-order valence-corrected chi connectivity index (χ2v) is 10.4. The van der Waals surface area contributed by atoms with Crippen molar-refractivity contribution < 1.29 is 14.3 Å². The summed E-state index contributed by atoms with van der Waals surface area (Å²) in [5.74, 6) is 1.23. The van der Waals surface area contributed by atoms with E-state index >= 15 is 0 Å². The van der Waals surface area contributed by atoms with Crippen molar-refractivity contribution in [3.05, 3.63) is 154 Å². The Morgan fingerprint density at radius 2 is 1.36 bits per heavy atom. The van der Waals surface area contributed by atoms with Crippen LogP contribution in [0.4, 0.5) is 0 Å². The predicted octanol–water partition coefficient (Wildman–Crippen LogP) is 7.61. The summed E-state index contributed by atoms with van der Waals surface area (Å²) in [4.78, 5) is 12.7. The molecule has 0 fully saturated rings. The molecule has 210 valence electrons. The highest BCUT2D eigenvalue weighted by molar-refractivity contribution is 6.30. The highest BCUT2D eigenvalue weighted by Crippen LogP contribution is 2.45. The first-order chi connectivity index (χ1) is 20.5. The van der Waals surface area contributed by atoms with Crippen LogP contribution in [0.5, 0.6) is 11.5 Å². The molecule has 3 atom stereocenters. The third kappa shape index (κ3) is 6.06. The molecule has 1 heterocycles. The number of amides is 1. The molecule has 0 bridgehead atoms. The number of nitrogens with zero attached hydrogens (tertiary/aromatic N) is 2. The number of azo groups is 1. The lowest BCUT2D eigenvalue weighted by Crippen LogP contribution is -2.31. The number of para-hydroxylation sites is 2. The van der Waals surface area contributed by atoms with Crippen LogP contribution in [-0.4, -0.2) is 12.1 Å². The van der Waals surface area contributed by atoms with Gasteiger partial charge in [0.1, 0.15) is 11.5 Å². The van der Waals surface area contributed by atoms with E-state index in [0.717, 1.165) is 39.6 Å². The number of benzene rings is 4. The van der Waals surface area contributed by atoms with E-state index in [0.29, 0.717) is 17.1 Å². The first-order valence-corrected chi connectivity index (χ1v) is 14.1. The molecular formula is C34H29ClN4O3. The number of fused-ring (bicyclic) bond motifs is 1. The van der Waals surface area contributed by atoms with Crippen LogP contribution in [0.2, 0.25) is 0 Å². The number of hydrogen-bond acceptors (Lipinski definition) is 6. The van der Waals surface area contributed by atoms with E-state index in [2.05, 4.69) is 20.9 Å². The van der Waals surface area contributed by atoms with E-state index in [-0.39, 0.29) is 5.91 Å². The molecule has 2 aliphatic rings. The number of carbonyl (C=O) groups is 1. The molecule has 8 heteroatoms. The third-order valence-electron chi connectivity index (χ3n) is 7.02. The SMILES string of the molecule is CC1=CC(NC(=O)c2ccc(CNC3=C(Cl)C(Oc4ccccc4)c4ccccc4C3Oc3ccccc3)cc2)N=N1. The quantitative estimate of drug-likeness (QED) is 0.215. The summed E-state index contributed by atoms with van der Waals surface area (Å²) in [6.07, 6.45) is 0.377. The fraction of sp³-hybridized carbons (Fsp3) is 0.147. The molecule has 1 aliphatic carbocycles. The van der Waals surface area contributed by atoms with Gasteiger partial charge in [-0.15, -0.1) is 0 Å². The van der Waals surface area contributed by atoms with Crippen molar-refractivity contribution in [3.63, 3.8) is 0 Å². The summed E-state index contributed by atoms with van der Waals surface area (Å²) in [6, 6.07) is 34.8. The highest BCUT2D eigenvalue weighted by Gasteiger charge is 2.36. The van der Waals surface area contributed by atoms with Crippen molar-refractivity contribution in [1.29, 1.82) is 0 Å². The summed E-state index contributed by atoms with van der Waals surface area (Å²) in [7, 11) is 0. The maximum Gasteiger partial charge on any atom is 0.253 e. The Labute approximate surface area is 249 Å². The summed E-state index contributed by atoms with van der Waals surface area (Å²) < 4.78 is 13.0. The zero-order valence-corrected chi connectivity index (χ0v) is 23.7. The number of carbonyl (C=O) groups excluding carboxylic acids is 1. The standard InChI is InChI=1S/C34H29ClN4O3/c1-22-20-29(39-38-22)37-34(40)24-18-16-23(17-19-24)21-36-31-30(35)32(41-25-10-4-2-5-11-25)27-14-8-9-15-28(27)33(31)42-26-12-6-3-7-13-26/h2-20,29,32-33,36H,21H2,1H3,(H,37,40). The fourth-order valence-electron chi connectivity index (χ4n) is 4.94. The lowest BCUT2D eigenvalue weighted by Gasteiger charge is -2.34. The summed E-state index contributed by atoms with van der Waals surface area (Å²) in [5, 5.41) is 14.9. The van der Waals surface area contributed by atoms with Gasteiger partial charge in [-0.05, 0) is 55.0 Å². The van der Waals surface area contributed by atoms with Gasteiger partial charge in [-0.25, -0.2) is 0 Å². The summed E-state index contributed by atoms with van der Waals surface area (Å²) in [6.45, 7) is 2.30. The van der Waals surface area contributed by atoms with Crippen LogP contribution >= 0.6 is 11.6 Å². The second-order valence-electron chi connectivity index (χ2n) is 10.0. The lowest BCUT2D eigenvalue weighted by molar-refractivity contribution is 0.0945. The molecule has 4 aromatic carbocycles. The Morgan fingerprint density at radius 3 is 1.95 bits per heavy atom. The number of ether oxygens (including phenoxy) is 2. The maximum absolute atomic E-state index is 12.7. The van der Waals surface area contributed by atoms with E-state index in [1.165, 1.54) is 0 Å². The van der Waals surface area contributed by atoms with Crippen molar-refractivity contribution >= 4 is 17.5 Å². The molecule has 0 radical (unpaired) electrons. The van der Waals surface area contributed by atoms with E-state index in [4.69, 9.17) is 21.1 Å². The van der Waals surface area contributed by atoms with Gasteiger partial charge in [-0.1, -0.05) is 84.4 Å². The van der Waals surface area contributed by atoms with Crippen LogP contribution in [0.1, 0.15) is 46.2 Å². The number of nitrogens with one attached hydrogen (secondary N) is 2. The Balaban J connectivity index is 1.26. The average Bonchev–Trinajstić information content (AvgIpc) is 3.44. The van der Waals surface area contributed by atoms with Gasteiger partial charge in [0.25, 0.3) is 5.91 Å². The molecule has 42 heavy (non-hydrogen) atoms. The van der Waals surface area contributed by atoms with Crippen molar-refractivity contribution in [2.24, 2.45) is 10.2 Å². The Kier molecular flexibility index (Phi) is 8.01. The van der Waals surface area contributed by atoms with E-state index < -0.39 is 18.4 Å². The predicted molar refractivity (Wildman–Crippen MR) is 162 cm³/mol. The normalized spacial score (nSPS) is 19.1. The molecule has 0 aromatic heterocycles. The van der Waals surface area contributed by atoms with Crippen molar-refractivity contribution in [2.75, 3.05) is 0 Å². The summed E-state index contributed by atoms with van der Waals surface area (Å²) in [5.41, 5.74) is 4.92. The molecule has 1 amide bonds. The van der Waals surface area contributed by atoms with E-state index in [1.54, 1.807) is 18.2 Å². The van der Waals surface area contributed by atoms with Crippen LogP contribution in [0.15, 0.2) is 142 Å². The largest absolute Gasteiger partial charge is 0.480 e. The molecule has 1 aliphatic heterocycles. The van der Waals surface area contributed by atoms with Crippen molar-refractivity contribution in [3.8, 4) is 11.5 Å². The zero-order valence-electron chi connectivity index (χ0n) is 22.9.